The summed E-state index contributed by atoms with van der Waals surface area (Å²) < 4.78 is 7.54. The molecule has 7 rings (SSSR count). The normalized spacial score (nSPS) is 24.6. The number of halogens is 1. The van der Waals surface area contributed by atoms with Gasteiger partial charge in [0.05, 0.1) is 29.6 Å². The fourth-order valence-electron chi connectivity index (χ4n) is 7.75. The Hall–Kier alpha value is -3.34. The number of amides is 2. The molecule has 1 spiro atoms. The first-order valence-corrected chi connectivity index (χ1v) is 18.5. The average molecular weight is 658 g/mol. The summed E-state index contributed by atoms with van der Waals surface area (Å²) in [5, 5.41) is 11.8. The summed E-state index contributed by atoms with van der Waals surface area (Å²) in [6, 6.07) is 25.3. The van der Waals surface area contributed by atoms with Gasteiger partial charge in [-0.3, -0.25) is 14.5 Å². The summed E-state index contributed by atoms with van der Waals surface area (Å²) in [4.78, 5) is 43.0. The maximum Gasteiger partial charge on any atom is 0.264 e. The van der Waals surface area contributed by atoms with Gasteiger partial charge in [-0.15, -0.1) is 0 Å². The second-order valence-corrected chi connectivity index (χ2v) is 17.3. The van der Waals surface area contributed by atoms with E-state index in [1.165, 1.54) is 0 Å². The molecule has 3 heterocycles. The van der Waals surface area contributed by atoms with Gasteiger partial charge in [0, 0.05) is 39.2 Å². The Morgan fingerprint density at radius 3 is 2.47 bits per heavy atom. The first-order valence-electron chi connectivity index (χ1n) is 14.6. The van der Waals surface area contributed by atoms with Crippen LogP contribution in [0.25, 0.3) is 10.8 Å². The van der Waals surface area contributed by atoms with Gasteiger partial charge in [0.2, 0.25) is 0 Å². The van der Waals surface area contributed by atoms with E-state index in [9.17, 15) is 19.5 Å². The topological polar surface area (TPSA) is 90.3 Å². The van der Waals surface area contributed by atoms with Gasteiger partial charge in [-0.2, -0.15) is 0 Å². The molecule has 1 saturated heterocycles. The minimum Gasteiger partial charge on any atom is -0.432 e. The highest BCUT2D eigenvalue weighted by Gasteiger charge is 2.66. The quantitative estimate of drug-likeness (QED) is 0.228. The summed E-state index contributed by atoms with van der Waals surface area (Å²) in [5.74, 6) is -0.536. The maximum absolute atomic E-state index is 14.6. The lowest BCUT2D eigenvalue weighted by molar-refractivity contribution is -0.146. The van der Waals surface area contributed by atoms with Gasteiger partial charge in [-0.25, -0.2) is 0 Å². The summed E-state index contributed by atoms with van der Waals surface area (Å²) in [7, 11) is -2.77. The van der Waals surface area contributed by atoms with Gasteiger partial charge in [-0.05, 0) is 72.9 Å². The first kappa shape index (κ1) is 28.4. The van der Waals surface area contributed by atoms with Gasteiger partial charge in [0.1, 0.15) is 0 Å². The molecular formula is C34H33BrN2O5Si. The van der Waals surface area contributed by atoms with Crippen LogP contribution in [0.2, 0.25) is 18.6 Å². The Morgan fingerprint density at radius 1 is 0.977 bits per heavy atom. The molecule has 220 valence electrons. The Labute approximate surface area is 260 Å². The smallest absolute Gasteiger partial charge is 0.264 e. The lowest BCUT2D eigenvalue weighted by atomic mass is 9.82. The van der Waals surface area contributed by atoms with Crippen molar-refractivity contribution in [2.75, 3.05) is 16.4 Å². The third-order valence-electron chi connectivity index (χ3n) is 9.43. The molecule has 0 radical (unpaired) electrons. The predicted molar refractivity (Wildman–Crippen MR) is 173 cm³/mol. The molecule has 2 amide bonds. The number of rotatable bonds is 6. The summed E-state index contributed by atoms with van der Waals surface area (Å²) in [6.07, 6.45) is -0.0814. The van der Waals surface area contributed by atoms with Gasteiger partial charge >= 0.3 is 0 Å². The number of ether oxygens (including phenoxy) is 1. The molecular weight excluding hydrogens is 624 g/mol. The van der Waals surface area contributed by atoms with Crippen molar-refractivity contribution in [3.63, 3.8) is 0 Å². The van der Waals surface area contributed by atoms with E-state index in [-0.39, 0.29) is 36.4 Å². The minimum absolute atomic E-state index is 0.0692. The summed E-state index contributed by atoms with van der Waals surface area (Å²) in [6.45, 7) is 5.95. The molecule has 4 aromatic rings. The zero-order valence-corrected chi connectivity index (χ0v) is 26.8. The van der Waals surface area contributed by atoms with Crippen LogP contribution in [0.5, 0.6) is 0 Å². The molecule has 2 N–H and O–H groups in total. The molecule has 1 fully saturated rings. The van der Waals surface area contributed by atoms with Crippen LogP contribution in [0.3, 0.4) is 0 Å². The zero-order chi connectivity index (χ0) is 30.3. The Morgan fingerprint density at radius 2 is 1.72 bits per heavy atom. The van der Waals surface area contributed by atoms with E-state index in [0.29, 0.717) is 12.0 Å². The number of aliphatic hydroxyl groups excluding tert-OH is 1. The van der Waals surface area contributed by atoms with Gasteiger partial charge < -0.3 is 19.5 Å². The van der Waals surface area contributed by atoms with Crippen LogP contribution in [0.1, 0.15) is 34.8 Å². The fraction of sp³-hybridized carbons (Fsp3) is 0.294. The van der Waals surface area contributed by atoms with Crippen LogP contribution < -0.4 is 9.80 Å². The molecule has 9 heteroatoms. The zero-order valence-electron chi connectivity index (χ0n) is 24.3. The van der Waals surface area contributed by atoms with Crippen molar-refractivity contribution < 1.29 is 24.2 Å². The van der Waals surface area contributed by atoms with Crippen molar-refractivity contribution >= 4 is 63.9 Å². The van der Waals surface area contributed by atoms with E-state index in [1.54, 1.807) is 9.80 Å². The highest BCUT2D eigenvalue weighted by Crippen LogP contribution is 2.60. The van der Waals surface area contributed by atoms with E-state index in [4.69, 9.17) is 4.74 Å². The summed E-state index contributed by atoms with van der Waals surface area (Å²) >= 11 is 3.60. The predicted octanol–water partition coefficient (Wildman–Crippen LogP) is 6.62. The van der Waals surface area contributed by atoms with Crippen molar-refractivity contribution in [1.82, 2.24) is 0 Å². The number of carbonyl (C=O) groups excluding carboxylic acids is 2. The van der Waals surface area contributed by atoms with Crippen LogP contribution in [0.4, 0.5) is 17.1 Å². The molecule has 0 aliphatic carbocycles. The molecule has 43 heavy (non-hydrogen) atoms. The second kappa shape index (κ2) is 10.1. The molecule has 0 saturated carbocycles. The fourth-order valence-corrected chi connectivity index (χ4v) is 10.7. The molecule has 0 unspecified atom stereocenters. The first-order chi connectivity index (χ1) is 20.6. The molecule has 4 aromatic carbocycles. The minimum atomic E-state index is -2.77. The number of carbonyl (C=O) groups is 2. The average Bonchev–Trinajstić information content (AvgIpc) is 3.52. The molecule has 0 aromatic heterocycles. The van der Waals surface area contributed by atoms with Crippen molar-refractivity contribution in [2.24, 2.45) is 5.92 Å². The maximum atomic E-state index is 14.6. The molecule has 7 nitrogen and oxygen atoms in total. The number of nitrogens with zero attached hydrogens (tertiary/aromatic N) is 2. The lowest BCUT2D eigenvalue weighted by Gasteiger charge is -2.32. The van der Waals surface area contributed by atoms with Gasteiger partial charge in [-0.1, -0.05) is 59.3 Å². The number of hydrogen-bond donors (Lipinski definition) is 2. The standard InChI is InChI=1S/C34H33BrN2O5Si/c1-20-31(43(2,3)41)29(15-16-38)42-34(20)26-18-23(35)13-14-27(26)36(33(34)40)19-21-7-4-10-24(17-21)37-28-12-6-9-22-8-5-11-25(30(22)28)32(37)39/h4-14,17-18,20,29,31,38,41H,15-16,19H2,1-3H3/t20-,29+,31-,34+/m1/s1. The number of hydrogen-bond acceptors (Lipinski definition) is 5. The lowest BCUT2D eigenvalue weighted by Crippen LogP contribution is -2.46. The van der Waals surface area contributed by atoms with Crippen LogP contribution in [-0.4, -0.2) is 42.7 Å². The number of aliphatic hydroxyl groups is 1. The van der Waals surface area contributed by atoms with E-state index in [2.05, 4.69) is 15.9 Å². The third-order valence-corrected chi connectivity index (χ3v) is 12.4. The van der Waals surface area contributed by atoms with Crippen molar-refractivity contribution in [1.29, 1.82) is 0 Å². The largest absolute Gasteiger partial charge is 0.432 e. The van der Waals surface area contributed by atoms with Crippen molar-refractivity contribution in [3.8, 4) is 0 Å². The molecule has 4 atom stereocenters. The van der Waals surface area contributed by atoms with Crippen LogP contribution in [-0.2, 0) is 21.7 Å². The van der Waals surface area contributed by atoms with E-state index in [1.807, 2.05) is 98.9 Å². The Balaban J connectivity index is 1.27. The number of benzene rings is 4. The third kappa shape index (κ3) is 4.17. The van der Waals surface area contributed by atoms with Crippen molar-refractivity contribution in [2.45, 2.75) is 50.2 Å². The SMILES string of the molecule is C[C@@H]1[C@@H]([Si](C)(C)O)[C@H](CCO)O[C@@]12C(=O)N(Cc1cccc(N3C(=O)c4cccc5cccc3c45)c1)c1ccc(Br)cc12. The van der Waals surface area contributed by atoms with Crippen LogP contribution >= 0.6 is 15.9 Å². The Kier molecular flexibility index (Phi) is 6.68. The van der Waals surface area contributed by atoms with Crippen LogP contribution in [0.15, 0.2) is 83.3 Å². The summed E-state index contributed by atoms with van der Waals surface area (Å²) in [5.41, 5.74) is 3.19. The van der Waals surface area contributed by atoms with Crippen molar-refractivity contribution in [3.05, 3.63) is 100 Å². The van der Waals surface area contributed by atoms with E-state index < -0.39 is 20.0 Å². The monoisotopic (exact) mass is 656 g/mol. The van der Waals surface area contributed by atoms with E-state index in [0.717, 1.165) is 43.4 Å². The highest BCUT2D eigenvalue weighted by atomic mass is 79.9. The van der Waals surface area contributed by atoms with Gasteiger partial charge in [0.15, 0.2) is 13.9 Å². The Bertz CT molecular complexity index is 1800. The number of anilines is 3. The van der Waals surface area contributed by atoms with Crippen LogP contribution in [0, 0.1) is 5.92 Å². The van der Waals surface area contributed by atoms with Gasteiger partial charge in [0.25, 0.3) is 11.8 Å². The second-order valence-electron chi connectivity index (χ2n) is 12.4. The highest BCUT2D eigenvalue weighted by molar-refractivity contribution is 9.10. The molecule has 3 aliphatic rings. The molecule has 3 aliphatic heterocycles. The number of fused-ring (bicyclic) bond motifs is 2. The van der Waals surface area contributed by atoms with E-state index >= 15 is 0 Å². The molecule has 0 bridgehead atoms.